The molecule has 0 bridgehead atoms. The Morgan fingerprint density at radius 1 is 1.10 bits per heavy atom. The molecule has 0 aliphatic carbocycles. The Kier molecular flexibility index (Phi) is 3.14. The summed E-state index contributed by atoms with van der Waals surface area (Å²) in [5.74, 6) is 0.971. The van der Waals surface area contributed by atoms with Crippen molar-refractivity contribution in [2.75, 3.05) is 0 Å². The fourth-order valence-electron chi connectivity index (χ4n) is 2.09. The van der Waals surface area contributed by atoms with Crippen LogP contribution in [-0.4, -0.2) is 33.4 Å². The topological polar surface area (TPSA) is 70.3 Å². The zero-order chi connectivity index (χ0) is 15.3. The maximum atomic E-state index is 6.03. The average Bonchev–Trinajstić information content (AvgIpc) is 2.92. The van der Waals surface area contributed by atoms with Gasteiger partial charge in [-0.15, -0.1) is 0 Å². The van der Waals surface area contributed by atoms with Crippen LogP contribution in [0, 0.1) is 6.92 Å². The molecule has 0 radical (unpaired) electrons. The first-order chi connectivity index (χ1) is 9.78. The number of pyridine rings is 1. The van der Waals surface area contributed by atoms with Gasteiger partial charge in [0.15, 0.2) is 5.82 Å². The molecule has 7 heteroatoms. The molecule has 1 saturated heterocycles. The van der Waals surface area contributed by atoms with E-state index in [0.29, 0.717) is 17.4 Å². The minimum Gasteiger partial charge on any atom is -0.399 e. The van der Waals surface area contributed by atoms with E-state index in [1.165, 1.54) is 0 Å². The Labute approximate surface area is 124 Å². The van der Waals surface area contributed by atoms with E-state index in [4.69, 9.17) is 13.8 Å². The summed E-state index contributed by atoms with van der Waals surface area (Å²) in [7, 11) is -0.430. The van der Waals surface area contributed by atoms with Crippen molar-refractivity contribution in [1.29, 1.82) is 0 Å². The lowest BCUT2D eigenvalue weighted by molar-refractivity contribution is 0.00578. The van der Waals surface area contributed by atoms with Crippen LogP contribution in [0.1, 0.15) is 33.5 Å². The van der Waals surface area contributed by atoms with Gasteiger partial charge in [-0.3, -0.25) is 4.98 Å². The van der Waals surface area contributed by atoms with Gasteiger partial charge in [0.05, 0.1) is 11.2 Å². The largest absolute Gasteiger partial charge is 0.494 e. The van der Waals surface area contributed by atoms with Crippen molar-refractivity contribution in [2.24, 2.45) is 0 Å². The smallest absolute Gasteiger partial charge is 0.399 e. The van der Waals surface area contributed by atoms with Crippen LogP contribution in [0.3, 0.4) is 0 Å². The zero-order valence-electron chi connectivity index (χ0n) is 12.9. The summed E-state index contributed by atoms with van der Waals surface area (Å²) in [6.07, 6.45) is 1.69. The molecule has 0 unspecified atom stereocenters. The maximum Gasteiger partial charge on any atom is 0.494 e. The van der Waals surface area contributed by atoms with Crippen molar-refractivity contribution in [3.05, 3.63) is 24.2 Å². The minimum absolute atomic E-state index is 0.373. The number of nitrogens with zero attached hydrogens (tertiary/aromatic N) is 3. The van der Waals surface area contributed by atoms with Crippen LogP contribution in [0.15, 0.2) is 22.9 Å². The van der Waals surface area contributed by atoms with E-state index < -0.39 is 7.12 Å². The van der Waals surface area contributed by atoms with Crippen molar-refractivity contribution in [1.82, 2.24) is 15.1 Å². The third-order valence-electron chi connectivity index (χ3n) is 4.06. The van der Waals surface area contributed by atoms with E-state index in [1.807, 2.05) is 39.8 Å². The van der Waals surface area contributed by atoms with Crippen molar-refractivity contribution in [2.45, 2.75) is 45.8 Å². The third-order valence-corrected chi connectivity index (χ3v) is 4.06. The average molecular weight is 287 g/mol. The number of hydrogen-bond acceptors (Lipinski definition) is 6. The standard InChI is InChI=1S/C14H18BN3O3/c1-9-17-12(19-18-9)11-8-10(6-7-16-11)15-20-13(2,3)14(4,5)21-15/h6-8H,1-5H3. The van der Waals surface area contributed by atoms with Gasteiger partial charge in [0.1, 0.15) is 5.69 Å². The summed E-state index contributed by atoms with van der Waals surface area (Å²) >= 11 is 0. The fraction of sp³-hybridized carbons (Fsp3) is 0.500. The summed E-state index contributed by atoms with van der Waals surface area (Å²) in [5.41, 5.74) is 0.752. The van der Waals surface area contributed by atoms with Crippen molar-refractivity contribution < 1.29 is 13.8 Å². The van der Waals surface area contributed by atoms with Crippen LogP contribution in [0.5, 0.6) is 0 Å². The summed E-state index contributed by atoms with van der Waals surface area (Å²) in [6.45, 7) is 9.87. The molecule has 2 aromatic rings. The van der Waals surface area contributed by atoms with E-state index in [2.05, 4.69) is 15.1 Å². The first-order valence-electron chi connectivity index (χ1n) is 6.91. The molecule has 1 fully saturated rings. The highest BCUT2D eigenvalue weighted by Crippen LogP contribution is 2.36. The molecular formula is C14H18BN3O3. The molecule has 0 saturated carbocycles. The third kappa shape index (κ3) is 2.47. The predicted molar refractivity (Wildman–Crippen MR) is 78.0 cm³/mol. The molecule has 0 aromatic carbocycles. The minimum atomic E-state index is -0.430. The Bertz CT molecular complexity index is 653. The van der Waals surface area contributed by atoms with Gasteiger partial charge in [0.25, 0.3) is 5.89 Å². The van der Waals surface area contributed by atoms with Crippen molar-refractivity contribution >= 4 is 12.6 Å². The van der Waals surface area contributed by atoms with Gasteiger partial charge in [-0.25, -0.2) is 0 Å². The molecule has 21 heavy (non-hydrogen) atoms. The molecule has 1 aliphatic rings. The predicted octanol–water partition coefficient (Wildman–Crippen LogP) is 1.74. The van der Waals surface area contributed by atoms with Crippen LogP contribution in [0.4, 0.5) is 0 Å². The lowest BCUT2D eigenvalue weighted by Crippen LogP contribution is -2.41. The number of aromatic nitrogens is 3. The van der Waals surface area contributed by atoms with Crippen LogP contribution in [-0.2, 0) is 9.31 Å². The number of hydrogen-bond donors (Lipinski definition) is 0. The molecule has 0 spiro atoms. The highest BCUT2D eigenvalue weighted by atomic mass is 16.7. The van der Waals surface area contributed by atoms with Gasteiger partial charge >= 0.3 is 7.12 Å². The second-order valence-corrected chi connectivity index (χ2v) is 6.21. The summed E-state index contributed by atoms with van der Waals surface area (Å²) in [5, 5.41) is 3.78. The first-order valence-corrected chi connectivity index (χ1v) is 6.91. The van der Waals surface area contributed by atoms with Gasteiger partial charge in [0, 0.05) is 6.20 Å². The van der Waals surface area contributed by atoms with Crippen LogP contribution in [0.2, 0.25) is 0 Å². The lowest BCUT2D eigenvalue weighted by Gasteiger charge is -2.32. The molecule has 110 valence electrons. The van der Waals surface area contributed by atoms with E-state index in [9.17, 15) is 0 Å². The van der Waals surface area contributed by atoms with Crippen molar-refractivity contribution in [3.8, 4) is 11.6 Å². The summed E-state index contributed by atoms with van der Waals surface area (Å²) < 4.78 is 17.2. The molecule has 3 heterocycles. The van der Waals surface area contributed by atoms with Gasteiger partial charge < -0.3 is 13.8 Å². The van der Waals surface area contributed by atoms with Crippen LogP contribution in [0.25, 0.3) is 11.6 Å². The molecule has 0 amide bonds. The molecule has 6 nitrogen and oxygen atoms in total. The Morgan fingerprint density at radius 2 is 1.76 bits per heavy atom. The maximum absolute atomic E-state index is 6.03. The zero-order valence-corrected chi connectivity index (χ0v) is 12.9. The second kappa shape index (κ2) is 4.64. The molecule has 0 atom stereocenters. The van der Waals surface area contributed by atoms with Gasteiger partial charge in [-0.05, 0) is 52.2 Å². The van der Waals surface area contributed by atoms with Crippen LogP contribution < -0.4 is 5.46 Å². The lowest BCUT2D eigenvalue weighted by atomic mass is 9.79. The van der Waals surface area contributed by atoms with Gasteiger partial charge in [0.2, 0.25) is 0 Å². The van der Waals surface area contributed by atoms with E-state index >= 15 is 0 Å². The highest BCUT2D eigenvalue weighted by molar-refractivity contribution is 6.62. The first kappa shape index (κ1) is 14.2. The van der Waals surface area contributed by atoms with E-state index in [-0.39, 0.29) is 11.2 Å². The summed E-state index contributed by atoms with van der Waals surface area (Å²) in [6, 6.07) is 3.73. The Hall–Kier alpha value is -1.73. The highest BCUT2D eigenvalue weighted by Gasteiger charge is 2.51. The van der Waals surface area contributed by atoms with Gasteiger partial charge in [-0.2, -0.15) is 4.98 Å². The Morgan fingerprint density at radius 3 is 2.33 bits per heavy atom. The fourth-order valence-corrected chi connectivity index (χ4v) is 2.09. The Balaban J connectivity index is 1.91. The van der Waals surface area contributed by atoms with E-state index in [1.54, 1.807) is 13.1 Å². The van der Waals surface area contributed by atoms with Crippen LogP contribution >= 0.6 is 0 Å². The number of rotatable bonds is 2. The van der Waals surface area contributed by atoms with E-state index in [0.717, 1.165) is 5.46 Å². The molecule has 2 aromatic heterocycles. The second-order valence-electron chi connectivity index (χ2n) is 6.21. The number of aryl methyl sites for hydroxylation is 1. The molecule has 0 N–H and O–H groups in total. The normalized spacial score (nSPS) is 20.0. The molecule has 1 aliphatic heterocycles. The quantitative estimate of drug-likeness (QED) is 0.783. The van der Waals surface area contributed by atoms with Gasteiger partial charge in [-0.1, -0.05) is 5.16 Å². The SMILES string of the molecule is Cc1noc(-c2cc(B3OC(C)(C)C(C)(C)O3)ccn2)n1. The van der Waals surface area contributed by atoms with Crippen molar-refractivity contribution in [3.63, 3.8) is 0 Å². The summed E-state index contributed by atoms with van der Waals surface area (Å²) in [4.78, 5) is 8.44. The monoisotopic (exact) mass is 287 g/mol. The molecular weight excluding hydrogens is 269 g/mol. The molecule has 3 rings (SSSR count).